The molecule has 9 aromatic carbocycles. The molecule has 0 saturated heterocycles. The molecular formula is C106H98BrClF2N4O19. The predicted molar refractivity (Wildman–Crippen MR) is 514 cm³/mol. The zero-order chi connectivity index (χ0) is 94.8. The van der Waals surface area contributed by atoms with Gasteiger partial charge in [-0.2, -0.15) is 0 Å². The average molecular weight is 1890 g/mol. The number of phenolic OH excluding ortho intramolecular Hbond substituents is 4. The Kier molecular flexibility index (Phi) is 31.2. The molecule has 4 aliphatic carbocycles. The highest BCUT2D eigenvalue weighted by Gasteiger charge is 2.32. The summed E-state index contributed by atoms with van der Waals surface area (Å²) in [4.78, 5) is 50.9. The van der Waals surface area contributed by atoms with E-state index in [2.05, 4.69) is 37.2 Å². The van der Waals surface area contributed by atoms with Gasteiger partial charge in [0.15, 0.2) is 51.8 Å². The monoisotopic (exact) mass is 1880 g/mol. The molecule has 0 spiro atoms. The summed E-state index contributed by atoms with van der Waals surface area (Å²) in [5.74, 6) is 3.21. The Morgan fingerprint density at radius 1 is 0.346 bits per heavy atom. The highest BCUT2D eigenvalue weighted by Crippen LogP contribution is 2.51. The van der Waals surface area contributed by atoms with Crippen molar-refractivity contribution in [3.05, 3.63) is 340 Å². The first-order valence-corrected chi connectivity index (χ1v) is 43.2. The lowest BCUT2D eigenvalue weighted by Crippen LogP contribution is -2.22. The third-order valence-corrected chi connectivity index (χ3v) is 23.8. The summed E-state index contributed by atoms with van der Waals surface area (Å²) < 4.78 is 87.1. The summed E-state index contributed by atoms with van der Waals surface area (Å²) in [5.41, 5.74) is 22.2. The van der Waals surface area contributed by atoms with Crippen LogP contribution in [0, 0.1) is 11.6 Å². The summed E-state index contributed by atoms with van der Waals surface area (Å²) in [6, 6.07) is 55.6. The maximum atomic E-state index is 14.2. The second kappa shape index (κ2) is 43.5. The van der Waals surface area contributed by atoms with E-state index in [-0.39, 0.29) is 94.6 Å². The number of benzene rings is 9. The van der Waals surface area contributed by atoms with Crippen LogP contribution in [0.25, 0.3) is 68.9 Å². The molecule has 3 aromatic heterocycles. The van der Waals surface area contributed by atoms with Crippen molar-refractivity contribution >= 4 is 120 Å². The maximum Gasteiger partial charge on any atom is 0.224 e. The molecule has 133 heavy (non-hydrogen) atoms. The number of amides is 4. The fourth-order valence-corrected chi connectivity index (χ4v) is 16.7. The van der Waals surface area contributed by atoms with Gasteiger partial charge in [0.1, 0.15) is 40.3 Å². The minimum Gasteiger partial charge on any atom is -0.503 e. The molecule has 0 atom stereocenters. The molecule has 8 N–H and O–H groups in total. The van der Waals surface area contributed by atoms with Crippen LogP contribution in [0.15, 0.2) is 247 Å². The number of hydrogen-bond acceptors (Lipinski definition) is 19. The first-order valence-electron chi connectivity index (χ1n) is 42.0. The lowest BCUT2D eigenvalue weighted by Gasteiger charge is -2.11. The number of nitrogens with one attached hydrogen (secondary N) is 4. The van der Waals surface area contributed by atoms with E-state index in [0.717, 1.165) is 134 Å². The summed E-state index contributed by atoms with van der Waals surface area (Å²) in [7, 11) is 12.1. The minimum absolute atomic E-state index is 0.0500. The Labute approximate surface area is 781 Å². The van der Waals surface area contributed by atoms with E-state index in [9.17, 15) is 48.4 Å². The number of hydrogen-bond donors (Lipinski definition) is 8. The number of ether oxygens (including phenoxy) is 8. The molecule has 23 nitrogen and oxygen atoms in total. The second-order valence-electron chi connectivity index (χ2n) is 31.0. The fourth-order valence-electron chi connectivity index (χ4n) is 16.0. The molecule has 27 heteroatoms. The van der Waals surface area contributed by atoms with E-state index in [1.165, 1.54) is 53.7 Å². The van der Waals surface area contributed by atoms with Crippen molar-refractivity contribution in [3.63, 3.8) is 0 Å². The summed E-state index contributed by atoms with van der Waals surface area (Å²) in [6.07, 6.45) is 13.2. The van der Waals surface area contributed by atoms with Gasteiger partial charge in [-0.3, -0.25) is 19.2 Å². The highest BCUT2D eigenvalue weighted by molar-refractivity contribution is 9.10. The van der Waals surface area contributed by atoms with Crippen molar-refractivity contribution in [1.82, 2.24) is 21.3 Å². The molecule has 0 saturated carbocycles. The van der Waals surface area contributed by atoms with Gasteiger partial charge < -0.3 is 92.8 Å². The molecule has 12 aromatic rings. The summed E-state index contributed by atoms with van der Waals surface area (Å²) in [5, 5.41) is 52.1. The normalized spacial score (nSPS) is 13.8. The zero-order valence-electron chi connectivity index (χ0n) is 75.0. The van der Waals surface area contributed by atoms with E-state index < -0.39 is 11.6 Å². The number of allylic oxidation sites excluding steroid dienone is 8. The topological polar surface area (TPSA) is 311 Å². The maximum absolute atomic E-state index is 14.2. The van der Waals surface area contributed by atoms with E-state index >= 15 is 0 Å². The van der Waals surface area contributed by atoms with Gasteiger partial charge in [-0.05, 0) is 341 Å². The lowest BCUT2D eigenvalue weighted by atomic mass is 10.00. The van der Waals surface area contributed by atoms with Gasteiger partial charge in [-0.1, -0.05) is 66.2 Å². The van der Waals surface area contributed by atoms with Crippen molar-refractivity contribution < 1.29 is 99.5 Å². The number of fused-ring (bicyclic) bond motifs is 4. The Hall–Kier alpha value is -15.2. The first-order chi connectivity index (χ1) is 64.1. The number of carbonyl (C=O) groups is 4. The first kappa shape index (κ1) is 95.4. The minimum atomic E-state index is -0.770. The molecule has 4 amide bonds. The molecule has 684 valence electrons. The SMILES string of the molecule is COc1cc(/C=C2/C(C)=C(CC(=O)NCc3ccccc3)c3cc(F)ccc32)cc(OC)c1O.COc1ccc2c(c1)C(CC(=O)NCc1ccco1)=C(C)/C2=C/c1cc(Br)c(O)c(OC)c1.COc1ccc2c(c1)C(CC(=O)NCc1ccco1)=C(C)/C2=C/c1cc(Cl)c(O)c(OC)c1.COc1ccc2c(c1)C(CC(=O)NCc1ccco1)=C(C)/C2=C/c1cc(F)c(O)c(OC)c1. The molecule has 0 fully saturated rings. The molecule has 4 aliphatic rings. The van der Waals surface area contributed by atoms with Gasteiger partial charge >= 0.3 is 0 Å². The number of furan rings is 3. The van der Waals surface area contributed by atoms with Crippen molar-refractivity contribution in [1.29, 1.82) is 0 Å². The van der Waals surface area contributed by atoms with Crippen LogP contribution in [-0.2, 0) is 45.4 Å². The Morgan fingerprint density at radius 2 is 0.662 bits per heavy atom. The quantitative estimate of drug-likeness (QED) is 0.0226. The number of aromatic hydroxyl groups is 4. The van der Waals surface area contributed by atoms with Crippen LogP contribution in [0.5, 0.6) is 69.0 Å². The number of halogens is 4. The third kappa shape index (κ3) is 22.5. The lowest BCUT2D eigenvalue weighted by molar-refractivity contribution is -0.121. The smallest absolute Gasteiger partial charge is 0.224 e. The number of carbonyl (C=O) groups excluding carboxylic acids is 4. The molecule has 0 aliphatic heterocycles. The highest BCUT2D eigenvalue weighted by atomic mass is 79.9. The van der Waals surface area contributed by atoms with E-state index in [0.29, 0.717) is 82.1 Å². The molecule has 0 bridgehead atoms. The van der Waals surface area contributed by atoms with E-state index in [1.807, 2.05) is 155 Å². The van der Waals surface area contributed by atoms with Gasteiger partial charge in [0.05, 0.1) is 130 Å². The number of rotatable bonds is 28. The molecule has 3 heterocycles. The number of phenols is 4. The number of methoxy groups -OCH3 is 8. The van der Waals surface area contributed by atoms with Crippen LogP contribution in [0.2, 0.25) is 5.02 Å². The van der Waals surface area contributed by atoms with E-state index in [1.54, 1.807) is 107 Å². The van der Waals surface area contributed by atoms with Gasteiger partial charge in [-0.15, -0.1) is 0 Å². The molecule has 16 rings (SSSR count). The standard InChI is InChI=1S/C28H26FNO4.C26H24BrNO5.C26H24ClNO5.C26H24FNO5/c1-17-22(11-19-12-25(33-2)28(32)26(13-19)34-3)21-10-9-20(29)14-24(21)23(17)15-27(31)30-16-18-7-5-4-6-8-18;3*1-15-20(9-16-10-23(27)26(30)24(11-16)32-3)19-7-6-17(31-2)12-22(19)21(15)13-25(29)28-14-18-5-4-8-33-18/h4-14,32H,15-16H2,1-3H3,(H,30,31);3*4-12,30H,13-14H2,1-3H3,(H,28,29)/b22-11-;3*20-9-. The van der Waals surface area contributed by atoms with Crippen molar-refractivity contribution in [2.24, 2.45) is 0 Å². The van der Waals surface area contributed by atoms with Crippen LogP contribution in [0.3, 0.4) is 0 Å². The summed E-state index contributed by atoms with van der Waals surface area (Å²) in [6.45, 7) is 9.27. The Morgan fingerprint density at radius 3 is 1.02 bits per heavy atom. The van der Waals surface area contributed by atoms with E-state index in [4.69, 9.17) is 62.7 Å². The van der Waals surface area contributed by atoms with Crippen molar-refractivity contribution in [2.75, 3.05) is 56.9 Å². The van der Waals surface area contributed by atoms with Gasteiger partial charge in [0, 0.05) is 6.54 Å². The largest absolute Gasteiger partial charge is 0.503 e. The van der Waals surface area contributed by atoms with Gasteiger partial charge in [0.2, 0.25) is 29.4 Å². The van der Waals surface area contributed by atoms with Gasteiger partial charge in [-0.25, -0.2) is 8.78 Å². The van der Waals surface area contributed by atoms with Crippen LogP contribution in [0.4, 0.5) is 8.78 Å². The van der Waals surface area contributed by atoms with Crippen LogP contribution in [-0.4, -0.2) is 101 Å². The van der Waals surface area contributed by atoms with Gasteiger partial charge in [0.25, 0.3) is 0 Å². The fraction of sp³-hybridized carbons (Fsp3) is 0.189. The molecular weight excluding hydrogens is 1790 g/mol. The van der Waals surface area contributed by atoms with Crippen molar-refractivity contribution in [3.8, 4) is 69.0 Å². The molecule has 0 unspecified atom stereocenters. The van der Waals surface area contributed by atoms with Crippen LogP contribution >= 0.6 is 27.5 Å². The Balaban J connectivity index is 0.000000151. The predicted octanol–water partition coefficient (Wildman–Crippen LogP) is 22.2. The van der Waals surface area contributed by atoms with Crippen molar-refractivity contribution in [2.45, 2.75) is 79.6 Å². The molecule has 0 radical (unpaired) electrons. The summed E-state index contributed by atoms with van der Waals surface area (Å²) >= 11 is 9.57. The third-order valence-electron chi connectivity index (χ3n) is 22.9. The second-order valence-corrected chi connectivity index (χ2v) is 32.3. The average Bonchev–Trinajstić information content (AvgIpc) is 1.62. The van der Waals surface area contributed by atoms with Crippen LogP contribution < -0.4 is 59.2 Å². The van der Waals surface area contributed by atoms with Crippen LogP contribution in [0.1, 0.15) is 143 Å². The zero-order valence-corrected chi connectivity index (χ0v) is 77.4. The Bertz CT molecular complexity index is 6170.